The van der Waals surface area contributed by atoms with Crippen LogP contribution in [-0.2, 0) is 5.41 Å². The van der Waals surface area contributed by atoms with Crippen LogP contribution in [0.25, 0.3) is 0 Å². The summed E-state index contributed by atoms with van der Waals surface area (Å²) in [5.74, 6) is 2.26. The summed E-state index contributed by atoms with van der Waals surface area (Å²) in [6, 6.07) is 9.16. The molecule has 1 saturated carbocycles. The van der Waals surface area contributed by atoms with Gasteiger partial charge >= 0.3 is 0 Å². The third-order valence-electron chi connectivity index (χ3n) is 4.83. The van der Waals surface area contributed by atoms with Crippen molar-refractivity contribution in [2.45, 2.75) is 51.9 Å². The molecule has 1 aliphatic carbocycles. The Balaban J connectivity index is 2.15. The van der Waals surface area contributed by atoms with Gasteiger partial charge < -0.3 is 5.73 Å². The highest BCUT2D eigenvalue weighted by Gasteiger charge is 2.45. The van der Waals surface area contributed by atoms with E-state index >= 15 is 0 Å². The Morgan fingerprint density at radius 1 is 1.11 bits per heavy atom. The molecule has 1 aromatic carbocycles. The number of benzene rings is 1. The summed E-state index contributed by atoms with van der Waals surface area (Å²) in [4.78, 5) is 0. The summed E-state index contributed by atoms with van der Waals surface area (Å²) < 4.78 is 0. The standard InChI is InChI=1S/C17H27N/c1-12(2)14-5-7-16(8-6-14)17(11-18)9-15(10-17)13(3)4/h5-8,12-13,15H,9-11,18H2,1-4H3. The smallest absolute Gasteiger partial charge is 0.00810 e. The van der Waals surface area contributed by atoms with E-state index in [0.717, 1.165) is 18.4 Å². The second-order valence-corrected chi connectivity index (χ2v) is 6.67. The Bertz CT molecular complexity index is 383. The van der Waals surface area contributed by atoms with Crippen LogP contribution in [-0.4, -0.2) is 6.54 Å². The molecule has 100 valence electrons. The first-order valence-corrected chi connectivity index (χ1v) is 7.29. The fraction of sp³-hybridized carbons (Fsp3) is 0.647. The van der Waals surface area contributed by atoms with Crippen LogP contribution >= 0.6 is 0 Å². The maximum absolute atomic E-state index is 6.06. The summed E-state index contributed by atoms with van der Waals surface area (Å²) in [5.41, 5.74) is 9.20. The van der Waals surface area contributed by atoms with Crippen LogP contribution in [0.3, 0.4) is 0 Å². The van der Waals surface area contributed by atoms with Crippen molar-refractivity contribution in [1.29, 1.82) is 0 Å². The van der Waals surface area contributed by atoms with Crippen LogP contribution in [0.15, 0.2) is 24.3 Å². The molecule has 1 heteroatoms. The summed E-state index contributed by atoms with van der Waals surface area (Å²) >= 11 is 0. The van der Waals surface area contributed by atoms with Crippen molar-refractivity contribution in [2.24, 2.45) is 17.6 Å². The third-order valence-corrected chi connectivity index (χ3v) is 4.83. The van der Waals surface area contributed by atoms with Gasteiger partial charge in [-0.25, -0.2) is 0 Å². The second kappa shape index (κ2) is 5.05. The second-order valence-electron chi connectivity index (χ2n) is 6.67. The Morgan fingerprint density at radius 3 is 2.06 bits per heavy atom. The number of hydrogen-bond donors (Lipinski definition) is 1. The monoisotopic (exact) mass is 245 g/mol. The van der Waals surface area contributed by atoms with Gasteiger partial charge in [0.1, 0.15) is 0 Å². The van der Waals surface area contributed by atoms with Crippen LogP contribution < -0.4 is 5.73 Å². The van der Waals surface area contributed by atoms with Gasteiger partial charge in [-0.05, 0) is 41.7 Å². The molecule has 0 bridgehead atoms. The lowest BCUT2D eigenvalue weighted by Gasteiger charge is -2.49. The van der Waals surface area contributed by atoms with Gasteiger partial charge in [0, 0.05) is 12.0 Å². The van der Waals surface area contributed by atoms with Crippen molar-refractivity contribution in [3.8, 4) is 0 Å². The Labute approximate surface area is 112 Å². The zero-order chi connectivity index (χ0) is 13.3. The number of nitrogens with two attached hydrogens (primary N) is 1. The van der Waals surface area contributed by atoms with Crippen molar-refractivity contribution in [3.05, 3.63) is 35.4 Å². The van der Waals surface area contributed by atoms with Gasteiger partial charge in [-0.15, -0.1) is 0 Å². The van der Waals surface area contributed by atoms with Gasteiger partial charge in [0.2, 0.25) is 0 Å². The minimum Gasteiger partial charge on any atom is -0.330 e. The van der Waals surface area contributed by atoms with Crippen molar-refractivity contribution in [3.63, 3.8) is 0 Å². The zero-order valence-corrected chi connectivity index (χ0v) is 12.2. The Hall–Kier alpha value is -0.820. The van der Waals surface area contributed by atoms with Crippen molar-refractivity contribution < 1.29 is 0 Å². The van der Waals surface area contributed by atoms with E-state index in [9.17, 15) is 0 Å². The van der Waals surface area contributed by atoms with E-state index in [-0.39, 0.29) is 5.41 Å². The van der Waals surface area contributed by atoms with Gasteiger partial charge in [-0.3, -0.25) is 0 Å². The number of hydrogen-bond acceptors (Lipinski definition) is 1. The van der Waals surface area contributed by atoms with Gasteiger partial charge in [0.25, 0.3) is 0 Å². The van der Waals surface area contributed by atoms with Gasteiger partial charge in [-0.1, -0.05) is 52.0 Å². The first-order chi connectivity index (χ1) is 8.48. The minimum atomic E-state index is 0.268. The van der Waals surface area contributed by atoms with Crippen LogP contribution in [0.4, 0.5) is 0 Å². The van der Waals surface area contributed by atoms with Crippen LogP contribution in [0.5, 0.6) is 0 Å². The molecule has 1 aromatic rings. The SMILES string of the molecule is CC(C)c1ccc(C2(CN)CC(C(C)C)C2)cc1. The van der Waals surface area contributed by atoms with Gasteiger partial charge in [0.15, 0.2) is 0 Å². The maximum atomic E-state index is 6.06. The largest absolute Gasteiger partial charge is 0.330 e. The first-order valence-electron chi connectivity index (χ1n) is 7.29. The molecular weight excluding hydrogens is 218 g/mol. The lowest BCUT2D eigenvalue weighted by molar-refractivity contribution is 0.106. The fourth-order valence-electron chi connectivity index (χ4n) is 3.16. The number of rotatable bonds is 4. The molecule has 0 heterocycles. The molecule has 0 atom stereocenters. The van der Waals surface area contributed by atoms with Crippen molar-refractivity contribution >= 4 is 0 Å². The lowest BCUT2D eigenvalue weighted by Crippen LogP contribution is -2.48. The summed E-state index contributed by atoms with van der Waals surface area (Å²) in [6.45, 7) is 9.93. The molecule has 0 radical (unpaired) electrons. The molecule has 1 aliphatic rings. The summed E-state index contributed by atoms with van der Waals surface area (Å²) in [6.07, 6.45) is 2.53. The summed E-state index contributed by atoms with van der Waals surface area (Å²) in [7, 11) is 0. The molecule has 2 rings (SSSR count). The predicted molar refractivity (Wildman–Crippen MR) is 78.8 cm³/mol. The average Bonchev–Trinajstić information content (AvgIpc) is 2.28. The topological polar surface area (TPSA) is 26.0 Å². The van der Waals surface area contributed by atoms with E-state index in [1.54, 1.807) is 0 Å². The van der Waals surface area contributed by atoms with E-state index in [1.807, 2.05) is 0 Å². The molecule has 2 N–H and O–H groups in total. The van der Waals surface area contributed by atoms with Crippen LogP contribution in [0.1, 0.15) is 57.6 Å². The normalized spacial score (nSPS) is 27.6. The Kier molecular flexibility index (Phi) is 3.82. The van der Waals surface area contributed by atoms with Gasteiger partial charge in [-0.2, -0.15) is 0 Å². The molecule has 0 aromatic heterocycles. The third kappa shape index (κ3) is 2.33. The molecule has 0 spiro atoms. The Morgan fingerprint density at radius 2 is 1.67 bits per heavy atom. The van der Waals surface area contributed by atoms with Crippen molar-refractivity contribution in [1.82, 2.24) is 0 Å². The quantitative estimate of drug-likeness (QED) is 0.850. The highest BCUT2D eigenvalue weighted by Crippen LogP contribution is 2.50. The van der Waals surface area contributed by atoms with E-state index in [1.165, 1.54) is 24.0 Å². The molecule has 0 aliphatic heterocycles. The van der Waals surface area contributed by atoms with E-state index in [0.29, 0.717) is 5.92 Å². The molecule has 0 saturated heterocycles. The highest BCUT2D eigenvalue weighted by molar-refractivity contribution is 5.33. The molecule has 18 heavy (non-hydrogen) atoms. The van der Waals surface area contributed by atoms with Crippen LogP contribution in [0.2, 0.25) is 0 Å². The van der Waals surface area contributed by atoms with Crippen molar-refractivity contribution in [2.75, 3.05) is 6.54 Å². The maximum Gasteiger partial charge on any atom is 0.00810 e. The minimum absolute atomic E-state index is 0.268. The first kappa shape index (κ1) is 13.6. The fourth-order valence-corrected chi connectivity index (χ4v) is 3.16. The predicted octanol–water partition coefficient (Wildman–Crippen LogP) is 4.07. The van der Waals surface area contributed by atoms with Gasteiger partial charge in [0.05, 0.1) is 0 Å². The average molecular weight is 245 g/mol. The molecular formula is C17H27N. The lowest BCUT2D eigenvalue weighted by atomic mass is 9.56. The summed E-state index contributed by atoms with van der Waals surface area (Å²) in [5, 5.41) is 0. The van der Waals surface area contributed by atoms with Crippen LogP contribution in [0, 0.1) is 11.8 Å². The molecule has 0 unspecified atom stereocenters. The highest BCUT2D eigenvalue weighted by atomic mass is 14.6. The van der Waals surface area contributed by atoms with E-state index < -0.39 is 0 Å². The molecule has 1 fully saturated rings. The molecule has 0 amide bonds. The van der Waals surface area contributed by atoms with E-state index in [2.05, 4.69) is 52.0 Å². The zero-order valence-electron chi connectivity index (χ0n) is 12.2. The molecule has 1 nitrogen and oxygen atoms in total. The van der Waals surface area contributed by atoms with E-state index in [4.69, 9.17) is 5.73 Å².